The van der Waals surface area contributed by atoms with E-state index in [-0.39, 0.29) is 24.8 Å². The quantitative estimate of drug-likeness (QED) is 0.446. The van der Waals surface area contributed by atoms with Gasteiger partial charge in [-0.05, 0) is 66.1 Å². The summed E-state index contributed by atoms with van der Waals surface area (Å²) in [7, 11) is 1.58. The maximum atomic E-state index is 13.0. The summed E-state index contributed by atoms with van der Waals surface area (Å²) >= 11 is 12.5. The van der Waals surface area contributed by atoms with Crippen LogP contribution in [0.25, 0.3) is 0 Å². The van der Waals surface area contributed by atoms with Gasteiger partial charge in [0.05, 0.1) is 25.0 Å². The van der Waals surface area contributed by atoms with Crippen molar-refractivity contribution in [2.24, 2.45) is 5.92 Å². The predicted octanol–water partition coefficient (Wildman–Crippen LogP) is 5.96. The monoisotopic (exact) mass is 507 g/mol. The standard InChI is InChI=1S/C27H23Cl2N3O3/c1-16-11-22(23(14-30)17-3-5-19(28)6-4-17)24(29)13-25(16)31-27(34)18-12-26(33)32(15-18)20-7-9-21(35-2)10-8-20/h3-11,13,18,23H,12,15H2,1-2H3,(H,31,34)/t18-,23-/m0/s1. The predicted molar refractivity (Wildman–Crippen MR) is 137 cm³/mol. The minimum absolute atomic E-state index is 0.111. The third-order valence-corrected chi connectivity index (χ3v) is 6.70. The Morgan fingerprint density at radius 3 is 2.46 bits per heavy atom. The molecule has 0 unspecified atom stereocenters. The number of benzene rings is 3. The molecule has 4 rings (SSSR count). The van der Waals surface area contributed by atoms with Gasteiger partial charge >= 0.3 is 0 Å². The molecule has 8 heteroatoms. The van der Waals surface area contributed by atoms with Crippen molar-refractivity contribution in [3.8, 4) is 11.8 Å². The van der Waals surface area contributed by atoms with Gasteiger partial charge in [0.1, 0.15) is 5.75 Å². The fourth-order valence-electron chi connectivity index (χ4n) is 4.17. The molecule has 1 aliphatic rings. The number of hydrogen-bond donors (Lipinski definition) is 1. The van der Waals surface area contributed by atoms with Gasteiger partial charge in [0.2, 0.25) is 11.8 Å². The number of anilines is 2. The van der Waals surface area contributed by atoms with Gasteiger partial charge in [-0.3, -0.25) is 9.59 Å². The average Bonchev–Trinajstić information content (AvgIpc) is 3.25. The first-order valence-electron chi connectivity index (χ1n) is 11.0. The molecular weight excluding hydrogens is 485 g/mol. The van der Waals surface area contributed by atoms with Crippen molar-refractivity contribution in [3.63, 3.8) is 0 Å². The Bertz CT molecular complexity index is 1300. The molecule has 2 amide bonds. The summed E-state index contributed by atoms with van der Waals surface area (Å²) < 4.78 is 5.16. The summed E-state index contributed by atoms with van der Waals surface area (Å²) in [6.45, 7) is 2.13. The zero-order chi connectivity index (χ0) is 25.1. The Kier molecular flexibility index (Phi) is 7.30. The molecule has 1 heterocycles. The zero-order valence-corrected chi connectivity index (χ0v) is 20.7. The van der Waals surface area contributed by atoms with Crippen molar-refractivity contribution in [1.82, 2.24) is 0 Å². The summed E-state index contributed by atoms with van der Waals surface area (Å²) in [5.41, 5.74) is 3.46. The van der Waals surface area contributed by atoms with E-state index in [1.165, 1.54) is 0 Å². The molecule has 0 aromatic heterocycles. The summed E-state index contributed by atoms with van der Waals surface area (Å²) in [5, 5.41) is 13.7. The molecule has 6 nitrogen and oxygen atoms in total. The summed E-state index contributed by atoms with van der Waals surface area (Å²) in [5.74, 6) is -0.742. The van der Waals surface area contributed by atoms with Crippen LogP contribution >= 0.6 is 23.2 Å². The van der Waals surface area contributed by atoms with Gasteiger partial charge in [-0.15, -0.1) is 0 Å². The third kappa shape index (κ3) is 5.27. The van der Waals surface area contributed by atoms with Crippen molar-refractivity contribution in [3.05, 3.63) is 87.4 Å². The number of amides is 2. The van der Waals surface area contributed by atoms with Crippen LogP contribution in [0.1, 0.15) is 29.0 Å². The van der Waals surface area contributed by atoms with Crippen molar-refractivity contribution >= 4 is 46.4 Å². The van der Waals surface area contributed by atoms with E-state index < -0.39 is 11.8 Å². The Labute approximate surface area is 214 Å². The number of nitriles is 1. The summed E-state index contributed by atoms with van der Waals surface area (Å²) in [6, 6.07) is 20.0. The molecule has 0 bridgehead atoms. The number of carbonyl (C=O) groups excluding carboxylic acids is 2. The minimum atomic E-state index is -0.575. The van der Waals surface area contributed by atoms with Crippen LogP contribution in [0.3, 0.4) is 0 Å². The fourth-order valence-corrected chi connectivity index (χ4v) is 4.57. The molecule has 0 spiro atoms. The number of nitrogens with one attached hydrogen (secondary N) is 1. The van der Waals surface area contributed by atoms with Gasteiger partial charge in [0.15, 0.2) is 0 Å². The first kappa shape index (κ1) is 24.6. The van der Waals surface area contributed by atoms with E-state index in [0.29, 0.717) is 27.0 Å². The maximum absolute atomic E-state index is 13.0. The number of rotatable bonds is 6. The van der Waals surface area contributed by atoms with Gasteiger partial charge in [-0.1, -0.05) is 41.4 Å². The number of carbonyl (C=O) groups is 2. The largest absolute Gasteiger partial charge is 0.497 e. The molecule has 2 atom stereocenters. The van der Waals surface area contributed by atoms with Crippen LogP contribution in [-0.2, 0) is 9.59 Å². The van der Waals surface area contributed by atoms with Crippen LogP contribution in [0, 0.1) is 24.2 Å². The molecule has 1 saturated heterocycles. The van der Waals surface area contributed by atoms with Crippen molar-refractivity contribution in [2.45, 2.75) is 19.3 Å². The van der Waals surface area contributed by atoms with E-state index in [4.69, 9.17) is 27.9 Å². The average molecular weight is 508 g/mol. The molecule has 0 aliphatic carbocycles. The van der Waals surface area contributed by atoms with Gasteiger partial charge in [-0.2, -0.15) is 5.26 Å². The second-order valence-electron chi connectivity index (χ2n) is 8.39. The molecule has 35 heavy (non-hydrogen) atoms. The summed E-state index contributed by atoms with van der Waals surface area (Å²) in [4.78, 5) is 27.2. The van der Waals surface area contributed by atoms with Gasteiger partial charge < -0.3 is 15.0 Å². The van der Waals surface area contributed by atoms with Crippen LogP contribution < -0.4 is 15.0 Å². The lowest BCUT2D eigenvalue weighted by Gasteiger charge is -2.18. The molecule has 1 N–H and O–H groups in total. The topological polar surface area (TPSA) is 82.4 Å². The van der Waals surface area contributed by atoms with Crippen LogP contribution in [-0.4, -0.2) is 25.5 Å². The van der Waals surface area contributed by atoms with E-state index >= 15 is 0 Å². The van der Waals surface area contributed by atoms with E-state index in [9.17, 15) is 14.9 Å². The number of nitrogens with zero attached hydrogens (tertiary/aromatic N) is 2. The highest BCUT2D eigenvalue weighted by Crippen LogP contribution is 2.35. The highest BCUT2D eigenvalue weighted by molar-refractivity contribution is 6.32. The Balaban J connectivity index is 1.49. The Morgan fingerprint density at radius 2 is 1.83 bits per heavy atom. The number of hydrogen-bond acceptors (Lipinski definition) is 4. The number of halogens is 2. The van der Waals surface area contributed by atoms with Crippen molar-refractivity contribution < 1.29 is 14.3 Å². The van der Waals surface area contributed by atoms with Gasteiger partial charge in [0, 0.05) is 34.4 Å². The number of methoxy groups -OCH3 is 1. The van der Waals surface area contributed by atoms with Gasteiger partial charge in [0.25, 0.3) is 0 Å². The number of ether oxygens (including phenoxy) is 1. The third-order valence-electron chi connectivity index (χ3n) is 6.12. The molecule has 0 radical (unpaired) electrons. The second-order valence-corrected chi connectivity index (χ2v) is 9.24. The second kappa shape index (κ2) is 10.4. The molecule has 1 aliphatic heterocycles. The highest BCUT2D eigenvalue weighted by atomic mass is 35.5. The van der Waals surface area contributed by atoms with Crippen molar-refractivity contribution in [2.75, 3.05) is 23.9 Å². The molecule has 3 aromatic rings. The molecular formula is C27H23Cl2N3O3. The zero-order valence-electron chi connectivity index (χ0n) is 19.2. The smallest absolute Gasteiger partial charge is 0.229 e. The van der Waals surface area contributed by atoms with Gasteiger partial charge in [-0.25, -0.2) is 0 Å². The van der Waals surface area contributed by atoms with Crippen LogP contribution in [0.5, 0.6) is 5.75 Å². The fraction of sp³-hybridized carbons (Fsp3) is 0.222. The van der Waals surface area contributed by atoms with Crippen LogP contribution in [0.15, 0.2) is 60.7 Å². The molecule has 0 saturated carbocycles. The van der Waals surface area contributed by atoms with Crippen molar-refractivity contribution in [1.29, 1.82) is 5.26 Å². The van der Waals surface area contributed by atoms with E-state index in [2.05, 4.69) is 11.4 Å². The van der Waals surface area contributed by atoms with E-state index in [1.807, 2.05) is 13.0 Å². The Hall–Kier alpha value is -3.53. The number of aryl methyl sites for hydroxylation is 1. The molecule has 3 aromatic carbocycles. The summed E-state index contributed by atoms with van der Waals surface area (Å²) in [6.07, 6.45) is 0.121. The first-order valence-corrected chi connectivity index (χ1v) is 11.8. The molecule has 178 valence electrons. The first-order chi connectivity index (χ1) is 16.8. The van der Waals surface area contributed by atoms with Crippen LogP contribution in [0.2, 0.25) is 10.0 Å². The lowest BCUT2D eigenvalue weighted by atomic mass is 9.91. The normalized spacial score (nSPS) is 16.0. The van der Waals surface area contributed by atoms with E-state index in [1.54, 1.807) is 66.6 Å². The highest BCUT2D eigenvalue weighted by Gasteiger charge is 2.35. The maximum Gasteiger partial charge on any atom is 0.229 e. The SMILES string of the molecule is COc1ccc(N2C[C@@H](C(=O)Nc3cc(Cl)c([C@@H](C#N)c4ccc(Cl)cc4)cc3C)CC2=O)cc1. The van der Waals surface area contributed by atoms with E-state index in [0.717, 1.165) is 16.8 Å². The minimum Gasteiger partial charge on any atom is -0.497 e. The lowest BCUT2D eigenvalue weighted by Crippen LogP contribution is -2.28. The van der Waals surface area contributed by atoms with Crippen LogP contribution in [0.4, 0.5) is 11.4 Å². The molecule has 1 fully saturated rings. The Morgan fingerprint density at radius 1 is 1.14 bits per heavy atom. The lowest BCUT2D eigenvalue weighted by molar-refractivity contribution is -0.122.